The Kier molecular flexibility index (Phi) is 4.01. The molecule has 0 saturated heterocycles. The fraction of sp³-hybridized carbons (Fsp3) is 0.231. The van der Waals surface area contributed by atoms with Crippen LogP contribution >= 0.6 is 11.3 Å². The number of nitro groups is 1. The molecule has 0 unspecified atom stereocenters. The zero-order valence-corrected chi connectivity index (χ0v) is 11.4. The first-order valence-corrected chi connectivity index (χ1v) is 6.74. The molecule has 1 heterocycles. The lowest BCUT2D eigenvalue weighted by Crippen LogP contribution is -2.21. The van der Waals surface area contributed by atoms with Crippen LogP contribution in [0.4, 0.5) is 17.1 Å². The van der Waals surface area contributed by atoms with Gasteiger partial charge in [0.25, 0.3) is 0 Å². The zero-order valence-electron chi connectivity index (χ0n) is 10.6. The number of likely N-dealkylation sites (N-methyl/N-ethyl adjacent to an activating group) is 1. The molecule has 0 aliphatic carbocycles. The molecule has 1 aromatic carbocycles. The van der Waals surface area contributed by atoms with Crippen LogP contribution in [0.5, 0.6) is 0 Å². The van der Waals surface area contributed by atoms with E-state index in [-0.39, 0.29) is 11.4 Å². The van der Waals surface area contributed by atoms with Gasteiger partial charge in [-0.25, -0.2) is 0 Å². The predicted octanol–water partition coefficient (Wildman–Crippen LogP) is 2.92. The predicted molar refractivity (Wildman–Crippen MR) is 78.8 cm³/mol. The molecule has 5 nitrogen and oxygen atoms in total. The highest BCUT2D eigenvalue weighted by atomic mass is 32.1. The van der Waals surface area contributed by atoms with Crippen molar-refractivity contribution in [1.82, 2.24) is 0 Å². The maximum atomic E-state index is 11.1. The molecule has 0 aliphatic heterocycles. The van der Waals surface area contributed by atoms with Crippen molar-refractivity contribution in [2.24, 2.45) is 0 Å². The van der Waals surface area contributed by atoms with Gasteiger partial charge in [0.2, 0.25) is 0 Å². The highest BCUT2D eigenvalue weighted by Gasteiger charge is 2.20. The third-order valence-corrected chi connectivity index (χ3v) is 3.85. The number of hydrogen-bond donors (Lipinski definition) is 1. The van der Waals surface area contributed by atoms with Crippen LogP contribution in [-0.4, -0.2) is 18.5 Å². The Morgan fingerprint density at radius 2 is 2.16 bits per heavy atom. The standard InChI is InChI=1S/C13H15N3O2S/c1-15(8-7-10-4-3-9-19-10)12-6-2-5-11(14)13(12)16(17)18/h2-6,9H,7-8,14H2,1H3. The van der Waals surface area contributed by atoms with Crippen molar-refractivity contribution in [3.8, 4) is 0 Å². The summed E-state index contributed by atoms with van der Waals surface area (Å²) < 4.78 is 0. The quantitative estimate of drug-likeness (QED) is 0.518. The fourth-order valence-corrected chi connectivity index (χ4v) is 2.61. The normalized spacial score (nSPS) is 10.4. The number of thiophene rings is 1. The maximum Gasteiger partial charge on any atom is 0.315 e. The lowest BCUT2D eigenvalue weighted by Gasteiger charge is -2.19. The minimum atomic E-state index is -0.424. The number of anilines is 2. The largest absolute Gasteiger partial charge is 0.393 e. The number of nitrogens with zero attached hydrogens (tertiary/aromatic N) is 2. The molecule has 0 atom stereocenters. The molecule has 2 aromatic rings. The van der Waals surface area contributed by atoms with Crippen molar-refractivity contribution in [3.63, 3.8) is 0 Å². The summed E-state index contributed by atoms with van der Waals surface area (Å²) in [6.07, 6.45) is 0.861. The van der Waals surface area contributed by atoms with Gasteiger partial charge in [0.15, 0.2) is 0 Å². The third-order valence-electron chi connectivity index (χ3n) is 2.91. The van der Waals surface area contributed by atoms with Gasteiger partial charge >= 0.3 is 5.69 Å². The second kappa shape index (κ2) is 5.71. The molecule has 0 amide bonds. The molecule has 0 aliphatic rings. The summed E-state index contributed by atoms with van der Waals surface area (Å²) in [6.45, 7) is 0.713. The maximum absolute atomic E-state index is 11.1. The molecular formula is C13H15N3O2S. The zero-order chi connectivity index (χ0) is 13.8. The van der Waals surface area contributed by atoms with Crippen molar-refractivity contribution >= 4 is 28.4 Å². The number of benzene rings is 1. The Bertz CT molecular complexity index is 569. The minimum Gasteiger partial charge on any atom is -0.393 e. The second-order valence-electron chi connectivity index (χ2n) is 4.22. The first-order valence-electron chi connectivity index (χ1n) is 5.86. The van der Waals surface area contributed by atoms with E-state index < -0.39 is 4.92 Å². The summed E-state index contributed by atoms with van der Waals surface area (Å²) in [5, 5.41) is 13.1. The van der Waals surface area contributed by atoms with E-state index in [1.54, 1.807) is 29.5 Å². The van der Waals surface area contributed by atoms with Crippen LogP contribution < -0.4 is 10.6 Å². The lowest BCUT2D eigenvalue weighted by atomic mass is 10.2. The molecule has 0 bridgehead atoms. The van der Waals surface area contributed by atoms with Crippen LogP contribution in [0.15, 0.2) is 35.7 Å². The average molecular weight is 277 g/mol. The molecule has 19 heavy (non-hydrogen) atoms. The van der Waals surface area contributed by atoms with Gasteiger partial charge in [-0.1, -0.05) is 12.1 Å². The van der Waals surface area contributed by atoms with Crippen molar-refractivity contribution in [3.05, 3.63) is 50.7 Å². The molecule has 100 valence electrons. The van der Waals surface area contributed by atoms with Gasteiger partial charge in [-0.15, -0.1) is 11.3 Å². The molecule has 0 spiro atoms. The molecule has 6 heteroatoms. The van der Waals surface area contributed by atoms with Crippen molar-refractivity contribution in [2.45, 2.75) is 6.42 Å². The summed E-state index contributed by atoms with van der Waals surface area (Å²) in [5.74, 6) is 0. The van der Waals surface area contributed by atoms with Gasteiger partial charge in [0.05, 0.1) is 4.92 Å². The van der Waals surface area contributed by atoms with E-state index in [4.69, 9.17) is 5.73 Å². The van der Waals surface area contributed by atoms with E-state index in [1.165, 1.54) is 4.88 Å². The summed E-state index contributed by atoms with van der Waals surface area (Å²) in [4.78, 5) is 13.8. The smallest absolute Gasteiger partial charge is 0.315 e. The topological polar surface area (TPSA) is 72.4 Å². The van der Waals surface area contributed by atoms with Crippen molar-refractivity contribution < 1.29 is 4.92 Å². The number of hydrogen-bond acceptors (Lipinski definition) is 5. The van der Waals surface area contributed by atoms with Crippen LogP contribution in [0, 0.1) is 10.1 Å². The Morgan fingerprint density at radius 1 is 1.37 bits per heavy atom. The van der Waals surface area contributed by atoms with E-state index >= 15 is 0 Å². The van der Waals surface area contributed by atoms with Crippen LogP contribution in [0.2, 0.25) is 0 Å². The summed E-state index contributed by atoms with van der Waals surface area (Å²) in [5.41, 5.74) is 6.42. The Morgan fingerprint density at radius 3 is 2.79 bits per heavy atom. The third kappa shape index (κ3) is 3.03. The van der Waals surface area contributed by atoms with Crippen LogP contribution in [0.25, 0.3) is 0 Å². The molecule has 0 fully saturated rings. The number of para-hydroxylation sites is 1. The van der Waals surface area contributed by atoms with Crippen LogP contribution in [0.3, 0.4) is 0 Å². The fourth-order valence-electron chi connectivity index (χ4n) is 1.91. The summed E-state index contributed by atoms with van der Waals surface area (Å²) >= 11 is 1.69. The highest BCUT2D eigenvalue weighted by molar-refractivity contribution is 7.09. The first kappa shape index (κ1) is 13.4. The van der Waals surface area contributed by atoms with Gasteiger partial charge in [-0.05, 0) is 30.0 Å². The summed E-state index contributed by atoms with van der Waals surface area (Å²) in [7, 11) is 1.84. The van der Waals surface area contributed by atoms with Crippen molar-refractivity contribution in [1.29, 1.82) is 0 Å². The molecule has 0 saturated carbocycles. The van der Waals surface area contributed by atoms with E-state index in [9.17, 15) is 10.1 Å². The Labute approximate surface area is 115 Å². The molecule has 0 radical (unpaired) electrons. The monoisotopic (exact) mass is 277 g/mol. The van der Waals surface area contributed by atoms with E-state index in [2.05, 4.69) is 6.07 Å². The van der Waals surface area contributed by atoms with Gasteiger partial charge in [0, 0.05) is 18.5 Å². The molecule has 2 N–H and O–H groups in total. The Balaban J connectivity index is 2.16. The molecule has 1 aromatic heterocycles. The van der Waals surface area contributed by atoms with Gasteiger partial charge in [0.1, 0.15) is 11.4 Å². The average Bonchev–Trinajstić information content (AvgIpc) is 2.88. The van der Waals surface area contributed by atoms with E-state index in [1.807, 2.05) is 23.4 Å². The van der Waals surface area contributed by atoms with Crippen LogP contribution in [0.1, 0.15) is 4.88 Å². The number of nitrogen functional groups attached to an aromatic ring is 1. The number of rotatable bonds is 5. The van der Waals surface area contributed by atoms with Gasteiger partial charge in [-0.2, -0.15) is 0 Å². The van der Waals surface area contributed by atoms with Gasteiger partial charge < -0.3 is 10.6 Å². The Hall–Kier alpha value is -2.08. The number of nitro benzene ring substituents is 1. The second-order valence-corrected chi connectivity index (χ2v) is 5.26. The van der Waals surface area contributed by atoms with E-state index in [0.29, 0.717) is 12.2 Å². The van der Waals surface area contributed by atoms with Gasteiger partial charge in [-0.3, -0.25) is 10.1 Å². The minimum absolute atomic E-state index is 0.0174. The highest BCUT2D eigenvalue weighted by Crippen LogP contribution is 2.32. The number of nitrogens with two attached hydrogens (primary N) is 1. The SMILES string of the molecule is CN(CCc1cccs1)c1cccc(N)c1[N+](=O)[O-]. The lowest BCUT2D eigenvalue weighted by molar-refractivity contribution is -0.383. The molecule has 2 rings (SSSR count). The first-order chi connectivity index (χ1) is 9.09. The summed E-state index contributed by atoms with van der Waals surface area (Å²) in [6, 6.07) is 9.08. The van der Waals surface area contributed by atoms with Crippen molar-refractivity contribution in [2.75, 3.05) is 24.2 Å². The van der Waals surface area contributed by atoms with E-state index in [0.717, 1.165) is 6.42 Å². The van der Waals surface area contributed by atoms with Crippen LogP contribution in [-0.2, 0) is 6.42 Å². The molecular weight excluding hydrogens is 262 g/mol.